The molecular weight excluding hydrogens is 440 g/mol. The molecule has 1 aromatic heterocycles. The average molecular weight is 465 g/mol. The first kappa shape index (κ1) is 22.0. The molecule has 31 heavy (non-hydrogen) atoms. The van der Waals surface area contributed by atoms with Crippen molar-refractivity contribution in [3.05, 3.63) is 35.6 Å². The van der Waals surface area contributed by atoms with E-state index in [0.29, 0.717) is 36.6 Å². The van der Waals surface area contributed by atoms with Crippen molar-refractivity contribution in [1.29, 1.82) is 0 Å². The second-order valence-corrected chi connectivity index (χ2v) is 10.2. The summed E-state index contributed by atoms with van der Waals surface area (Å²) < 4.78 is 28.3. The smallest absolute Gasteiger partial charge is 0.245 e. The van der Waals surface area contributed by atoms with Gasteiger partial charge in [0, 0.05) is 31.2 Å². The van der Waals surface area contributed by atoms with E-state index in [1.807, 2.05) is 0 Å². The van der Waals surface area contributed by atoms with Crippen LogP contribution in [0.2, 0.25) is 5.15 Å². The van der Waals surface area contributed by atoms with E-state index >= 15 is 0 Å². The third kappa shape index (κ3) is 4.53. The Morgan fingerprint density at radius 3 is 2.65 bits per heavy atom. The van der Waals surface area contributed by atoms with E-state index in [1.54, 1.807) is 24.0 Å². The van der Waals surface area contributed by atoms with Crippen LogP contribution in [-0.4, -0.2) is 66.7 Å². The maximum absolute atomic E-state index is 12.9. The van der Waals surface area contributed by atoms with E-state index in [9.17, 15) is 18.0 Å². The van der Waals surface area contributed by atoms with Gasteiger partial charge in [-0.3, -0.25) is 9.59 Å². The SMILES string of the molecule is C[C@H](C(=O)N1CCCCC1)N1CCC(NS(=O)(=O)c2ccc3cc(Cl)ncc3c2)C1=O. The maximum atomic E-state index is 12.9. The van der Waals surface area contributed by atoms with Crippen LogP contribution >= 0.6 is 11.6 Å². The van der Waals surface area contributed by atoms with Gasteiger partial charge in [-0.05, 0) is 56.2 Å². The van der Waals surface area contributed by atoms with Crippen molar-refractivity contribution in [2.75, 3.05) is 19.6 Å². The number of sulfonamides is 1. The predicted molar refractivity (Wildman–Crippen MR) is 117 cm³/mol. The lowest BCUT2D eigenvalue weighted by Crippen LogP contribution is -2.51. The normalized spacial score (nSPS) is 21.0. The lowest BCUT2D eigenvalue weighted by Gasteiger charge is -2.32. The zero-order chi connectivity index (χ0) is 22.2. The first-order valence-corrected chi connectivity index (χ1v) is 12.3. The zero-order valence-corrected chi connectivity index (χ0v) is 18.8. The van der Waals surface area contributed by atoms with Gasteiger partial charge in [-0.15, -0.1) is 0 Å². The number of likely N-dealkylation sites (tertiary alicyclic amines) is 2. The second kappa shape index (κ2) is 8.72. The van der Waals surface area contributed by atoms with E-state index < -0.39 is 22.1 Å². The fraction of sp³-hybridized carbons (Fsp3) is 0.476. The van der Waals surface area contributed by atoms with E-state index in [2.05, 4.69) is 9.71 Å². The quantitative estimate of drug-likeness (QED) is 0.683. The lowest BCUT2D eigenvalue weighted by molar-refractivity contribution is -0.143. The highest BCUT2D eigenvalue weighted by atomic mass is 35.5. The Bertz CT molecular complexity index is 1120. The third-order valence-corrected chi connectivity index (χ3v) is 7.68. The van der Waals surface area contributed by atoms with Crippen molar-refractivity contribution in [2.24, 2.45) is 0 Å². The number of nitrogens with one attached hydrogen (secondary N) is 1. The summed E-state index contributed by atoms with van der Waals surface area (Å²) in [6.45, 7) is 3.48. The first-order valence-electron chi connectivity index (χ1n) is 10.4. The molecule has 0 saturated carbocycles. The minimum Gasteiger partial charge on any atom is -0.341 e. The number of piperidine rings is 1. The number of aromatic nitrogens is 1. The molecule has 10 heteroatoms. The van der Waals surface area contributed by atoms with Gasteiger partial charge < -0.3 is 9.80 Å². The Hall–Kier alpha value is -2.23. The molecule has 0 radical (unpaired) electrons. The van der Waals surface area contributed by atoms with Crippen molar-refractivity contribution in [3.8, 4) is 0 Å². The van der Waals surface area contributed by atoms with Crippen molar-refractivity contribution >= 4 is 44.2 Å². The summed E-state index contributed by atoms with van der Waals surface area (Å²) in [5.74, 6) is -0.437. The van der Waals surface area contributed by atoms with Crippen molar-refractivity contribution in [2.45, 2.75) is 49.6 Å². The molecular formula is C21H25ClN4O4S. The molecule has 4 rings (SSSR count). The first-order chi connectivity index (χ1) is 14.8. The number of carbonyl (C=O) groups excluding carboxylic acids is 2. The number of fused-ring (bicyclic) bond motifs is 1. The van der Waals surface area contributed by atoms with Crippen LogP contribution in [0.4, 0.5) is 0 Å². The van der Waals surface area contributed by atoms with Crippen molar-refractivity contribution in [1.82, 2.24) is 19.5 Å². The molecule has 8 nitrogen and oxygen atoms in total. The minimum atomic E-state index is -3.92. The summed E-state index contributed by atoms with van der Waals surface area (Å²) in [5, 5.41) is 1.73. The largest absolute Gasteiger partial charge is 0.341 e. The molecule has 1 aromatic carbocycles. The van der Waals surface area contributed by atoms with Crippen LogP contribution in [0.5, 0.6) is 0 Å². The molecule has 166 valence electrons. The van der Waals surface area contributed by atoms with Crippen LogP contribution < -0.4 is 4.72 Å². The summed E-state index contributed by atoms with van der Waals surface area (Å²) >= 11 is 5.88. The highest BCUT2D eigenvalue weighted by Gasteiger charge is 2.40. The number of nitrogens with zero attached hydrogens (tertiary/aromatic N) is 3. The molecule has 2 fully saturated rings. The van der Waals surface area contributed by atoms with Gasteiger partial charge in [-0.2, -0.15) is 4.72 Å². The van der Waals surface area contributed by atoms with Gasteiger partial charge in [0.1, 0.15) is 17.2 Å². The zero-order valence-electron chi connectivity index (χ0n) is 17.3. The van der Waals surface area contributed by atoms with E-state index in [-0.39, 0.29) is 16.7 Å². The van der Waals surface area contributed by atoms with Crippen molar-refractivity contribution in [3.63, 3.8) is 0 Å². The Labute approximate surface area is 186 Å². The van der Waals surface area contributed by atoms with Crippen LogP contribution in [0.15, 0.2) is 35.4 Å². The Morgan fingerprint density at radius 1 is 1.16 bits per heavy atom. The number of amides is 2. The van der Waals surface area contributed by atoms with E-state index in [0.717, 1.165) is 24.6 Å². The molecule has 2 aliphatic heterocycles. The van der Waals surface area contributed by atoms with Gasteiger partial charge in [0.2, 0.25) is 21.8 Å². The molecule has 0 aliphatic carbocycles. The third-order valence-electron chi connectivity index (χ3n) is 6.00. The number of hydrogen-bond donors (Lipinski definition) is 1. The second-order valence-electron chi connectivity index (χ2n) is 8.07. The number of halogens is 1. The Kier molecular flexibility index (Phi) is 6.18. The molecule has 2 aromatic rings. The Morgan fingerprint density at radius 2 is 1.90 bits per heavy atom. The predicted octanol–water partition coefficient (Wildman–Crippen LogP) is 2.17. The van der Waals surface area contributed by atoms with Crippen LogP contribution in [0.3, 0.4) is 0 Å². The molecule has 3 heterocycles. The molecule has 2 amide bonds. The standard InChI is InChI=1S/C21H25ClN4O4S/c1-14(20(27)25-8-3-2-4-9-25)26-10-7-18(21(26)28)24-31(29,30)17-6-5-15-12-19(22)23-13-16(15)11-17/h5-6,11-14,18,24H,2-4,7-10H2,1H3/t14-,18?/m1/s1. The summed E-state index contributed by atoms with van der Waals surface area (Å²) in [6.07, 6.45) is 4.89. The molecule has 0 spiro atoms. The highest BCUT2D eigenvalue weighted by Crippen LogP contribution is 2.23. The fourth-order valence-electron chi connectivity index (χ4n) is 4.22. The van der Waals surface area contributed by atoms with Gasteiger partial charge in [0.15, 0.2) is 0 Å². The van der Waals surface area contributed by atoms with Crippen LogP contribution in [-0.2, 0) is 19.6 Å². The van der Waals surface area contributed by atoms with Gasteiger partial charge in [0.25, 0.3) is 0 Å². The minimum absolute atomic E-state index is 0.0489. The number of pyridine rings is 1. The van der Waals surface area contributed by atoms with Crippen LogP contribution in [0.1, 0.15) is 32.6 Å². The lowest BCUT2D eigenvalue weighted by atomic mass is 10.1. The topological polar surface area (TPSA) is 99.7 Å². The Balaban J connectivity index is 1.46. The molecule has 2 saturated heterocycles. The number of carbonyl (C=O) groups is 2. The molecule has 2 atom stereocenters. The number of benzene rings is 1. The number of hydrogen-bond acceptors (Lipinski definition) is 5. The van der Waals surface area contributed by atoms with Gasteiger partial charge >= 0.3 is 0 Å². The fourth-order valence-corrected chi connectivity index (χ4v) is 5.65. The number of rotatable bonds is 5. The van der Waals surface area contributed by atoms with Crippen LogP contribution in [0.25, 0.3) is 10.8 Å². The summed E-state index contributed by atoms with van der Waals surface area (Å²) in [6, 6.07) is 4.79. The summed E-state index contributed by atoms with van der Waals surface area (Å²) in [4.78, 5) is 33.0. The molecule has 1 N–H and O–H groups in total. The van der Waals surface area contributed by atoms with Gasteiger partial charge in [0.05, 0.1) is 4.90 Å². The van der Waals surface area contributed by atoms with Gasteiger partial charge in [-0.1, -0.05) is 17.7 Å². The monoisotopic (exact) mass is 464 g/mol. The highest BCUT2D eigenvalue weighted by molar-refractivity contribution is 7.89. The molecule has 1 unspecified atom stereocenters. The maximum Gasteiger partial charge on any atom is 0.245 e. The van der Waals surface area contributed by atoms with Gasteiger partial charge in [-0.25, -0.2) is 13.4 Å². The average Bonchev–Trinajstić information content (AvgIpc) is 3.12. The van der Waals surface area contributed by atoms with Crippen molar-refractivity contribution < 1.29 is 18.0 Å². The summed E-state index contributed by atoms with van der Waals surface area (Å²) in [5.41, 5.74) is 0. The van der Waals surface area contributed by atoms with Crippen LogP contribution in [0, 0.1) is 0 Å². The van der Waals surface area contributed by atoms with E-state index in [4.69, 9.17) is 11.6 Å². The summed E-state index contributed by atoms with van der Waals surface area (Å²) in [7, 11) is -3.92. The molecule has 2 aliphatic rings. The molecule has 0 bridgehead atoms. The van der Waals surface area contributed by atoms with E-state index in [1.165, 1.54) is 23.2 Å².